The van der Waals surface area contributed by atoms with Crippen molar-refractivity contribution in [1.82, 2.24) is 14.6 Å². The highest BCUT2D eigenvalue weighted by atomic mass is 32.1. The van der Waals surface area contributed by atoms with E-state index < -0.39 is 5.26 Å². The molecule has 0 aliphatic rings. The summed E-state index contributed by atoms with van der Waals surface area (Å²) in [6.45, 7) is 2.08. The number of rotatable bonds is 2. The van der Waals surface area contributed by atoms with Crippen molar-refractivity contribution < 1.29 is 8.81 Å². The normalized spacial score (nSPS) is 11.7. The molecule has 0 saturated heterocycles. The van der Waals surface area contributed by atoms with E-state index >= 15 is 0 Å². The maximum atomic E-state index is 13.0. The Morgan fingerprint density at radius 2 is 2.20 bits per heavy atom. The molecule has 1 aromatic carbocycles. The number of imidazole rings is 1. The molecular weight excluding hydrogens is 277 g/mol. The second-order valence-electron chi connectivity index (χ2n) is 4.47. The fourth-order valence-corrected chi connectivity index (χ4v) is 3.05. The number of benzene rings is 1. The zero-order chi connectivity index (χ0) is 13.7. The van der Waals surface area contributed by atoms with Crippen LogP contribution in [0.2, 0.25) is 0 Å². The monoisotopic (exact) mass is 287 g/mol. The summed E-state index contributed by atoms with van der Waals surface area (Å²) in [4.78, 5) is 4.92. The van der Waals surface area contributed by atoms with Crippen molar-refractivity contribution in [3.05, 3.63) is 41.3 Å². The molecule has 100 valence electrons. The van der Waals surface area contributed by atoms with E-state index in [9.17, 15) is 4.39 Å². The highest BCUT2D eigenvalue weighted by Gasteiger charge is 2.18. The first kappa shape index (κ1) is 11.6. The molecule has 0 atom stereocenters. The number of nitrogens with zero attached hydrogens (tertiary/aromatic N) is 3. The molecule has 0 aliphatic heterocycles. The van der Waals surface area contributed by atoms with Gasteiger partial charge >= 0.3 is 0 Å². The topological polar surface area (TPSA) is 43.3 Å². The van der Waals surface area contributed by atoms with E-state index in [4.69, 9.17) is 4.42 Å². The van der Waals surface area contributed by atoms with Crippen LogP contribution in [0.4, 0.5) is 4.39 Å². The van der Waals surface area contributed by atoms with Crippen LogP contribution in [0, 0.1) is 5.26 Å². The van der Waals surface area contributed by atoms with Crippen molar-refractivity contribution in [2.45, 2.75) is 13.3 Å². The van der Waals surface area contributed by atoms with Gasteiger partial charge in [-0.2, -0.15) is 4.39 Å². The van der Waals surface area contributed by atoms with Gasteiger partial charge in [0.1, 0.15) is 11.3 Å². The van der Waals surface area contributed by atoms with Crippen LogP contribution in [-0.4, -0.2) is 14.6 Å². The molecule has 20 heavy (non-hydrogen) atoms. The van der Waals surface area contributed by atoms with Gasteiger partial charge < -0.3 is 4.42 Å². The smallest absolute Gasteiger partial charge is 0.289 e. The van der Waals surface area contributed by atoms with E-state index in [-0.39, 0.29) is 0 Å². The molecule has 0 unspecified atom stereocenters. The Balaban J connectivity index is 1.98. The van der Waals surface area contributed by atoms with Crippen LogP contribution in [0.25, 0.3) is 27.4 Å². The third kappa shape index (κ3) is 1.58. The Hall–Kier alpha value is -2.21. The van der Waals surface area contributed by atoms with Gasteiger partial charge in [-0.1, -0.05) is 25.1 Å². The van der Waals surface area contributed by atoms with Gasteiger partial charge in [-0.25, -0.2) is 9.50 Å². The average Bonchev–Trinajstić information content (AvgIpc) is 3.07. The van der Waals surface area contributed by atoms with Gasteiger partial charge in [-0.05, 0) is 23.8 Å². The Kier molecular flexibility index (Phi) is 2.40. The van der Waals surface area contributed by atoms with E-state index in [1.807, 2.05) is 24.3 Å². The SMILES string of the molecule is CCc1c(-c2cn3nc(F)sc3n2)oc2ccccc12. The van der Waals surface area contributed by atoms with E-state index in [1.54, 1.807) is 6.20 Å². The zero-order valence-corrected chi connectivity index (χ0v) is 11.4. The van der Waals surface area contributed by atoms with E-state index in [0.29, 0.717) is 10.7 Å². The summed E-state index contributed by atoms with van der Waals surface area (Å²) in [5.41, 5.74) is 2.65. The van der Waals surface area contributed by atoms with Crippen LogP contribution in [0.3, 0.4) is 0 Å². The molecule has 0 saturated carbocycles. The lowest BCUT2D eigenvalue weighted by Gasteiger charge is -1.95. The summed E-state index contributed by atoms with van der Waals surface area (Å²) < 4.78 is 20.4. The van der Waals surface area contributed by atoms with Crippen LogP contribution < -0.4 is 0 Å². The summed E-state index contributed by atoms with van der Waals surface area (Å²) in [5.74, 6) is 0.742. The molecule has 0 N–H and O–H groups in total. The maximum absolute atomic E-state index is 13.0. The Morgan fingerprint density at radius 1 is 1.35 bits per heavy atom. The lowest BCUT2D eigenvalue weighted by atomic mass is 10.1. The van der Waals surface area contributed by atoms with E-state index in [1.165, 1.54) is 4.52 Å². The Morgan fingerprint density at radius 3 is 3.00 bits per heavy atom. The number of aromatic nitrogens is 3. The van der Waals surface area contributed by atoms with E-state index in [2.05, 4.69) is 17.0 Å². The molecule has 0 amide bonds. The summed E-state index contributed by atoms with van der Waals surface area (Å²) in [6, 6.07) is 7.91. The summed E-state index contributed by atoms with van der Waals surface area (Å²) in [7, 11) is 0. The number of halogens is 1. The molecule has 0 fully saturated rings. The molecule has 4 aromatic rings. The molecule has 0 aliphatic carbocycles. The van der Waals surface area contributed by atoms with Crippen LogP contribution in [0.15, 0.2) is 34.9 Å². The largest absolute Gasteiger partial charge is 0.454 e. The highest BCUT2D eigenvalue weighted by Crippen LogP contribution is 2.33. The molecule has 3 aromatic heterocycles. The zero-order valence-electron chi connectivity index (χ0n) is 10.6. The predicted molar refractivity (Wildman–Crippen MR) is 75.4 cm³/mol. The van der Waals surface area contributed by atoms with Crippen molar-refractivity contribution >= 4 is 27.3 Å². The second kappa shape index (κ2) is 4.14. The molecule has 0 spiro atoms. The number of hydrogen-bond acceptors (Lipinski definition) is 4. The molecule has 6 heteroatoms. The first-order chi connectivity index (χ1) is 9.76. The molecule has 3 heterocycles. The first-order valence-corrected chi connectivity index (χ1v) is 7.10. The van der Waals surface area contributed by atoms with Crippen molar-refractivity contribution in [2.24, 2.45) is 0 Å². The summed E-state index contributed by atoms with van der Waals surface area (Å²) in [6.07, 6.45) is 2.55. The van der Waals surface area contributed by atoms with Gasteiger partial charge in [0.15, 0.2) is 5.76 Å². The van der Waals surface area contributed by atoms with Gasteiger partial charge in [0.25, 0.3) is 5.26 Å². The quantitative estimate of drug-likeness (QED) is 0.561. The fourth-order valence-electron chi connectivity index (χ4n) is 2.44. The number of fused-ring (bicyclic) bond motifs is 2. The minimum atomic E-state index is -0.487. The van der Waals surface area contributed by atoms with Crippen LogP contribution >= 0.6 is 11.3 Å². The summed E-state index contributed by atoms with van der Waals surface area (Å²) in [5, 5.41) is 4.34. The lowest BCUT2D eigenvalue weighted by molar-refractivity contribution is 0.592. The third-order valence-corrected chi connectivity index (χ3v) is 4.01. The number of hydrogen-bond donors (Lipinski definition) is 0. The lowest BCUT2D eigenvalue weighted by Crippen LogP contribution is -1.83. The van der Waals surface area contributed by atoms with Crippen molar-refractivity contribution in [3.63, 3.8) is 0 Å². The van der Waals surface area contributed by atoms with Crippen molar-refractivity contribution in [3.8, 4) is 11.5 Å². The average molecular weight is 287 g/mol. The van der Waals surface area contributed by atoms with Gasteiger partial charge in [0.2, 0.25) is 4.96 Å². The van der Waals surface area contributed by atoms with Gasteiger partial charge in [-0.15, -0.1) is 5.10 Å². The Bertz CT molecular complexity index is 890. The second-order valence-corrected chi connectivity index (χ2v) is 5.37. The molecule has 4 nitrogen and oxygen atoms in total. The van der Waals surface area contributed by atoms with Crippen LogP contribution in [0.5, 0.6) is 0 Å². The third-order valence-electron chi connectivity index (χ3n) is 3.30. The van der Waals surface area contributed by atoms with Gasteiger partial charge in [-0.3, -0.25) is 0 Å². The highest BCUT2D eigenvalue weighted by molar-refractivity contribution is 7.15. The van der Waals surface area contributed by atoms with Gasteiger partial charge in [0, 0.05) is 10.9 Å². The molecule has 0 bridgehead atoms. The van der Waals surface area contributed by atoms with Crippen LogP contribution in [-0.2, 0) is 6.42 Å². The van der Waals surface area contributed by atoms with Crippen LogP contribution in [0.1, 0.15) is 12.5 Å². The first-order valence-electron chi connectivity index (χ1n) is 6.28. The standard InChI is InChI=1S/C14H10FN3OS/c1-2-8-9-5-3-4-6-11(9)19-12(8)10-7-18-14(16-10)20-13(15)17-18/h3-7H,2H2,1H3. The minimum absolute atomic E-state index is 0.487. The Labute approximate surface area is 117 Å². The van der Waals surface area contributed by atoms with Crippen molar-refractivity contribution in [2.75, 3.05) is 0 Å². The summed E-state index contributed by atoms with van der Waals surface area (Å²) >= 11 is 0.920. The van der Waals surface area contributed by atoms with Crippen molar-refractivity contribution in [1.29, 1.82) is 0 Å². The van der Waals surface area contributed by atoms with E-state index in [0.717, 1.165) is 40.1 Å². The predicted octanol–water partition coefficient (Wildman–Crippen LogP) is 3.91. The number of aryl methyl sites for hydroxylation is 1. The number of furan rings is 1. The maximum Gasteiger partial charge on any atom is 0.289 e. The fraction of sp³-hybridized carbons (Fsp3) is 0.143. The molecule has 0 radical (unpaired) electrons. The molecular formula is C14H10FN3OS. The van der Waals surface area contributed by atoms with Gasteiger partial charge in [0.05, 0.1) is 6.20 Å². The minimum Gasteiger partial charge on any atom is -0.454 e. The number of para-hydroxylation sites is 1. The molecule has 4 rings (SSSR count).